The molecule has 1 atom stereocenters. The van der Waals surface area contributed by atoms with E-state index in [1.807, 2.05) is 6.26 Å². The molecule has 3 nitrogen and oxygen atoms in total. The smallest absolute Gasteiger partial charge is 0.158 e. The highest BCUT2D eigenvalue weighted by Gasteiger charge is 2.19. The van der Waals surface area contributed by atoms with Crippen LogP contribution in [-0.2, 0) is 14.3 Å². The van der Waals surface area contributed by atoms with Gasteiger partial charge in [0.1, 0.15) is 6.61 Å². The summed E-state index contributed by atoms with van der Waals surface area (Å²) in [6.07, 6.45) is 8.26. The first-order valence-electron chi connectivity index (χ1n) is 6.00. The molecule has 0 bridgehead atoms. The molecule has 0 aromatic rings. The van der Waals surface area contributed by atoms with Crippen LogP contribution in [0.1, 0.15) is 38.5 Å². The number of carbonyl (C=O) groups excluding carboxylic acids is 1. The summed E-state index contributed by atoms with van der Waals surface area (Å²) in [7, 11) is 3.25. The van der Waals surface area contributed by atoms with Gasteiger partial charge in [0.15, 0.2) is 5.78 Å². The number of hydrogen-bond acceptors (Lipinski definition) is 3. The summed E-state index contributed by atoms with van der Waals surface area (Å²) in [5.74, 6) is 0.736. The van der Waals surface area contributed by atoms with Crippen LogP contribution in [0.25, 0.3) is 0 Å². The van der Waals surface area contributed by atoms with Crippen molar-refractivity contribution in [2.45, 2.75) is 38.5 Å². The fourth-order valence-corrected chi connectivity index (χ4v) is 2.31. The lowest BCUT2D eigenvalue weighted by Gasteiger charge is -2.24. The van der Waals surface area contributed by atoms with Gasteiger partial charge in [-0.1, -0.05) is 6.42 Å². The third kappa shape index (κ3) is 4.35. The fraction of sp³-hybridized carbons (Fsp3) is 0.769. The van der Waals surface area contributed by atoms with E-state index in [0.29, 0.717) is 12.3 Å². The molecule has 0 N–H and O–H groups in total. The highest BCUT2D eigenvalue weighted by molar-refractivity contribution is 5.79. The van der Waals surface area contributed by atoms with E-state index in [1.54, 1.807) is 14.2 Å². The maximum atomic E-state index is 11.4. The van der Waals surface area contributed by atoms with Crippen molar-refractivity contribution in [3.63, 3.8) is 0 Å². The number of carbonyl (C=O) groups is 1. The van der Waals surface area contributed by atoms with Crippen molar-refractivity contribution in [2.75, 3.05) is 20.8 Å². The van der Waals surface area contributed by atoms with Crippen molar-refractivity contribution in [2.24, 2.45) is 5.92 Å². The molecule has 0 saturated heterocycles. The zero-order valence-electron chi connectivity index (χ0n) is 10.3. The fourth-order valence-electron chi connectivity index (χ4n) is 2.31. The summed E-state index contributed by atoms with van der Waals surface area (Å²) < 4.78 is 9.92. The van der Waals surface area contributed by atoms with E-state index in [1.165, 1.54) is 24.8 Å². The molecule has 3 heteroatoms. The van der Waals surface area contributed by atoms with Crippen LogP contribution in [0.3, 0.4) is 0 Å². The number of hydrogen-bond donors (Lipinski definition) is 0. The number of methoxy groups -OCH3 is 2. The Morgan fingerprint density at radius 3 is 2.94 bits per heavy atom. The Bertz CT molecular complexity index is 246. The van der Waals surface area contributed by atoms with Crippen LogP contribution in [0.4, 0.5) is 0 Å². The zero-order valence-corrected chi connectivity index (χ0v) is 10.3. The Hall–Kier alpha value is -0.830. The second-order valence-electron chi connectivity index (χ2n) is 4.38. The van der Waals surface area contributed by atoms with Gasteiger partial charge in [-0.2, -0.15) is 0 Å². The number of rotatable bonds is 6. The first-order chi connectivity index (χ1) is 7.77. The van der Waals surface area contributed by atoms with Crippen molar-refractivity contribution >= 4 is 5.78 Å². The summed E-state index contributed by atoms with van der Waals surface area (Å²) >= 11 is 0. The van der Waals surface area contributed by atoms with Crippen LogP contribution in [-0.4, -0.2) is 26.6 Å². The van der Waals surface area contributed by atoms with Gasteiger partial charge in [0.25, 0.3) is 0 Å². The Kier molecular flexibility index (Phi) is 6.16. The van der Waals surface area contributed by atoms with Crippen molar-refractivity contribution in [1.29, 1.82) is 0 Å². The molecular weight excluding hydrogens is 204 g/mol. The third-order valence-corrected chi connectivity index (χ3v) is 3.14. The minimum Gasteiger partial charge on any atom is -0.504 e. The highest BCUT2D eigenvalue weighted by atomic mass is 16.5. The lowest BCUT2D eigenvalue weighted by molar-refractivity contribution is -0.122. The Morgan fingerprint density at radius 1 is 1.44 bits per heavy atom. The van der Waals surface area contributed by atoms with Crippen LogP contribution in [0.5, 0.6) is 0 Å². The zero-order chi connectivity index (χ0) is 11.8. The lowest BCUT2D eigenvalue weighted by atomic mass is 9.82. The van der Waals surface area contributed by atoms with E-state index in [0.717, 1.165) is 12.8 Å². The van der Waals surface area contributed by atoms with Gasteiger partial charge in [0.2, 0.25) is 0 Å². The monoisotopic (exact) mass is 226 g/mol. The number of ether oxygens (including phenoxy) is 2. The third-order valence-electron chi connectivity index (χ3n) is 3.14. The molecule has 0 unspecified atom stereocenters. The Morgan fingerprint density at radius 2 is 2.25 bits per heavy atom. The molecule has 1 aliphatic carbocycles. The second-order valence-corrected chi connectivity index (χ2v) is 4.38. The van der Waals surface area contributed by atoms with Crippen LogP contribution in [0.2, 0.25) is 0 Å². The van der Waals surface area contributed by atoms with Gasteiger partial charge < -0.3 is 9.47 Å². The van der Waals surface area contributed by atoms with E-state index >= 15 is 0 Å². The molecule has 0 spiro atoms. The van der Waals surface area contributed by atoms with Crippen molar-refractivity contribution in [3.05, 3.63) is 11.8 Å². The number of Topliss-reactive ketones (excluding diaryl/α,β-unsaturated/α-hetero) is 1. The van der Waals surface area contributed by atoms with E-state index in [4.69, 9.17) is 9.47 Å². The number of ketones is 1. The maximum Gasteiger partial charge on any atom is 0.158 e. The first-order valence-corrected chi connectivity index (χ1v) is 6.00. The normalized spacial score (nSPS) is 23.4. The largest absolute Gasteiger partial charge is 0.504 e. The van der Waals surface area contributed by atoms with Gasteiger partial charge >= 0.3 is 0 Å². The SMILES string of the molecule is CO/C=C1/CCCC[C@@H]1CCC(=O)COC. The topological polar surface area (TPSA) is 35.5 Å². The molecule has 1 fully saturated rings. The molecular formula is C13H22O3. The minimum atomic E-state index is 0.199. The standard InChI is InChI=1S/C13H22O3/c1-15-9-12-6-4-3-5-11(12)7-8-13(14)10-16-2/h9,11H,3-8,10H2,1-2H3/b12-9-/t11-/m1/s1. The van der Waals surface area contributed by atoms with Crippen LogP contribution < -0.4 is 0 Å². The molecule has 0 aromatic heterocycles. The molecule has 0 heterocycles. The van der Waals surface area contributed by atoms with Gasteiger partial charge in [-0.3, -0.25) is 4.79 Å². The van der Waals surface area contributed by atoms with Gasteiger partial charge in [0.05, 0.1) is 13.4 Å². The average molecular weight is 226 g/mol. The molecule has 16 heavy (non-hydrogen) atoms. The molecule has 1 saturated carbocycles. The molecule has 0 radical (unpaired) electrons. The maximum absolute atomic E-state index is 11.4. The summed E-state index contributed by atoms with van der Waals surface area (Å²) in [6, 6.07) is 0. The van der Waals surface area contributed by atoms with Gasteiger partial charge in [-0.15, -0.1) is 0 Å². The van der Waals surface area contributed by atoms with Crippen LogP contribution in [0, 0.1) is 5.92 Å². The predicted molar refractivity (Wildman–Crippen MR) is 63.2 cm³/mol. The molecule has 0 aromatic carbocycles. The Balaban J connectivity index is 2.38. The Labute approximate surface area is 97.8 Å². The second kappa shape index (κ2) is 7.44. The van der Waals surface area contributed by atoms with E-state index in [9.17, 15) is 4.79 Å². The van der Waals surface area contributed by atoms with Gasteiger partial charge in [-0.05, 0) is 37.2 Å². The number of allylic oxidation sites excluding steroid dienone is 1. The van der Waals surface area contributed by atoms with Crippen molar-refractivity contribution < 1.29 is 14.3 Å². The highest BCUT2D eigenvalue weighted by Crippen LogP contribution is 2.32. The van der Waals surface area contributed by atoms with E-state index < -0.39 is 0 Å². The van der Waals surface area contributed by atoms with Gasteiger partial charge in [0, 0.05) is 13.5 Å². The van der Waals surface area contributed by atoms with Crippen LogP contribution >= 0.6 is 0 Å². The van der Waals surface area contributed by atoms with E-state index in [-0.39, 0.29) is 12.4 Å². The quantitative estimate of drug-likeness (QED) is 0.653. The van der Waals surface area contributed by atoms with E-state index in [2.05, 4.69) is 0 Å². The van der Waals surface area contributed by atoms with Crippen molar-refractivity contribution in [3.8, 4) is 0 Å². The van der Waals surface area contributed by atoms with Gasteiger partial charge in [-0.25, -0.2) is 0 Å². The molecule has 0 aliphatic heterocycles. The molecule has 1 aliphatic rings. The molecule has 0 amide bonds. The predicted octanol–water partition coefficient (Wildman–Crippen LogP) is 2.70. The first kappa shape index (κ1) is 13.2. The summed E-state index contributed by atoms with van der Waals surface area (Å²) in [5.41, 5.74) is 1.37. The summed E-state index contributed by atoms with van der Waals surface area (Å²) in [4.78, 5) is 11.4. The minimum absolute atomic E-state index is 0.199. The lowest BCUT2D eigenvalue weighted by Crippen LogP contribution is -2.14. The summed E-state index contributed by atoms with van der Waals surface area (Å²) in [5, 5.41) is 0. The van der Waals surface area contributed by atoms with Crippen molar-refractivity contribution in [1.82, 2.24) is 0 Å². The van der Waals surface area contributed by atoms with Crippen LogP contribution in [0.15, 0.2) is 11.8 Å². The molecule has 92 valence electrons. The average Bonchev–Trinajstić information content (AvgIpc) is 2.29. The molecule has 1 rings (SSSR count). The summed E-state index contributed by atoms with van der Waals surface area (Å²) in [6.45, 7) is 0.246.